The van der Waals surface area contributed by atoms with Gasteiger partial charge in [-0.1, -0.05) is 6.07 Å². The van der Waals surface area contributed by atoms with Crippen molar-refractivity contribution in [2.45, 2.75) is 4.90 Å². The molecule has 3 rings (SSSR count). The fourth-order valence-electron chi connectivity index (χ4n) is 2.01. The molecule has 1 heterocycles. The van der Waals surface area contributed by atoms with E-state index in [1.54, 1.807) is 36.4 Å². The summed E-state index contributed by atoms with van der Waals surface area (Å²) in [5.41, 5.74) is 6.80. The molecule has 3 aromatic rings. The number of nitrogens with zero attached hydrogens (tertiary/aromatic N) is 2. The molecular weight excluding hydrogens is 344 g/mol. The number of H-pyrrole nitrogens is 1. The lowest BCUT2D eigenvalue weighted by Gasteiger charge is -2.08. The molecule has 9 nitrogen and oxygen atoms in total. The lowest BCUT2D eigenvalue weighted by Crippen LogP contribution is -2.16. The van der Waals surface area contributed by atoms with Crippen LogP contribution in [-0.2, 0) is 11.1 Å². The van der Waals surface area contributed by atoms with Crippen molar-refractivity contribution < 1.29 is 8.76 Å². The highest BCUT2D eigenvalue weighted by Gasteiger charge is 2.06. The molecule has 0 radical (unpaired) electrons. The van der Waals surface area contributed by atoms with Gasteiger partial charge in [-0.25, -0.2) is 9.00 Å². The van der Waals surface area contributed by atoms with Crippen molar-refractivity contribution in [1.29, 1.82) is 0 Å². The Balaban J connectivity index is 1.84. The number of nitrogen functional groups attached to an aromatic ring is 1. The summed E-state index contributed by atoms with van der Waals surface area (Å²) in [5.74, 6) is 0.233. The molecule has 0 saturated carbocycles. The maximum Gasteiger partial charge on any atom is 0.351 e. The van der Waals surface area contributed by atoms with Crippen molar-refractivity contribution in [2.75, 3.05) is 16.4 Å². The summed E-state index contributed by atoms with van der Waals surface area (Å²) in [4.78, 5) is 22.3. The van der Waals surface area contributed by atoms with Crippen molar-refractivity contribution in [3.05, 3.63) is 59.0 Å². The molecule has 1 unspecified atom stereocenters. The number of hydrogen-bond acceptors (Lipinski definition) is 7. The molecule has 128 valence electrons. The quantitative estimate of drug-likeness (QED) is 0.343. The fraction of sp³-hybridized carbons (Fsp3) is 0. The molecule has 0 aliphatic heterocycles. The lowest BCUT2D eigenvalue weighted by molar-refractivity contribution is 0.564. The van der Waals surface area contributed by atoms with Crippen molar-refractivity contribution in [1.82, 2.24) is 15.0 Å². The molecule has 6 N–H and O–H groups in total. The van der Waals surface area contributed by atoms with Gasteiger partial charge < -0.3 is 20.9 Å². The van der Waals surface area contributed by atoms with E-state index in [-0.39, 0.29) is 16.8 Å². The third kappa shape index (κ3) is 4.40. The van der Waals surface area contributed by atoms with E-state index in [0.717, 1.165) is 0 Å². The van der Waals surface area contributed by atoms with Gasteiger partial charge in [-0.05, 0) is 42.5 Å². The minimum atomic E-state index is -2.10. The molecule has 0 spiro atoms. The van der Waals surface area contributed by atoms with E-state index in [1.165, 1.54) is 12.1 Å². The smallest absolute Gasteiger partial charge is 0.351 e. The molecule has 0 fully saturated rings. The summed E-state index contributed by atoms with van der Waals surface area (Å²) < 4.78 is 20.3. The summed E-state index contributed by atoms with van der Waals surface area (Å²) in [6, 6.07) is 13.1. The minimum absolute atomic E-state index is 0.0953. The maximum atomic E-state index is 11.7. The summed E-state index contributed by atoms with van der Waals surface area (Å²) in [6.45, 7) is 0. The molecule has 1 aromatic heterocycles. The Morgan fingerprint density at radius 3 is 2.52 bits per heavy atom. The first-order valence-electron chi connectivity index (χ1n) is 7.08. The monoisotopic (exact) mass is 358 g/mol. The van der Waals surface area contributed by atoms with Crippen LogP contribution in [0.4, 0.5) is 29.0 Å². The normalized spacial score (nSPS) is 11.7. The van der Waals surface area contributed by atoms with E-state index in [4.69, 9.17) is 10.3 Å². The Bertz CT molecular complexity index is 974. The molecule has 0 aliphatic rings. The molecule has 10 heteroatoms. The standard InChI is InChI=1S/C15H14N6O3S/c16-9-4-6-10(7-5-9)17-13-19-14(21-15(22)20-13)18-11-2-1-3-12(8-11)25(23)24/h1-8H,16H2,(H,23,24)(H3,17,18,19,20,21,22). The zero-order valence-corrected chi connectivity index (χ0v) is 13.6. The largest absolute Gasteiger partial charge is 0.399 e. The van der Waals surface area contributed by atoms with Crippen LogP contribution in [0.2, 0.25) is 0 Å². The van der Waals surface area contributed by atoms with Crippen LogP contribution < -0.4 is 22.1 Å². The van der Waals surface area contributed by atoms with Gasteiger partial charge in [-0.3, -0.25) is 4.98 Å². The van der Waals surface area contributed by atoms with E-state index < -0.39 is 16.8 Å². The van der Waals surface area contributed by atoms with Crippen LogP contribution in [0.5, 0.6) is 0 Å². The number of hydrogen-bond donors (Lipinski definition) is 5. The zero-order chi connectivity index (χ0) is 17.8. The van der Waals surface area contributed by atoms with E-state index in [1.807, 2.05) is 0 Å². The highest BCUT2D eigenvalue weighted by atomic mass is 32.2. The Kier molecular flexibility index (Phi) is 4.73. The van der Waals surface area contributed by atoms with Crippen LogP contribution in [0.25, 0.3) is 0 Å². The third-order valence-electron chi connectivity index (χ3n) is 3.12. The van der Waals surface area contributed by atoms with Gasteiger partial charge in [-0.15, -0.1) is 0 Å². The first-order valence-corrected chi connectivity index (χ1v) is 8.19. The topological polar surface area (TPSA) is 146 Å². The number of rotatable bonds is 5. The molecular formula is C15H14N6O3S. The van der Waals surface area contributed by atoms with Gasteiger partial charge in [0.2, 0.25) is 11.9 Å². The van der Waals surface area contributed by atoms with Crippen molar-refractivity contribution in [3.8, 4) is 0 Å². The molecule has 25 heavy (non-hydrogen) atoms. The van der Waals surface area contributed by atoms with Crippen LogP contribution in [0.3, 0.4) is 0 Å². The highest BCUT2D eigenvalue weighted by Crippen LogP contribution is 2.18. The predicted octanol–water partition coefficient (Wildman–Crippen LogP) is 1.81. The summed E-state index contributed by atoms with van der Waals surface area (Å²) in [6.07, 6.45) is 0. The number of anilines is 5. The average Bonchev–Trinajstić information content (AvgIpc) is 2.57. The minimum Gasteiger partial charge on any atom is -0.399 e. The van der Waals surface area contributed by atoms with Gasteiger partial charge in [0, 0.05) is 17.1 Å². The van der Waals surface area contributed by atoms with E-state index >= 15 is 0 Å². The Hall–Kier alpha value is -3.24. The van der Waals surface area contributed by atoms with Crippen LogP contribution in [0, 0.1) is 0 Å². The highest BCUT2D eigenvalue weighted by molar-refractivity contribution is 7.79. The summed E-state index contributed by atoms with van der Waals surface area (Å²) >= 11 is -2.10. The van der Waals surface area contributed by atoms with Crippen LogP contribution in [0.1, 0.15) is 0 Å². The van der Waals surface area contributed by atoms with Crippen molar-refractivity contribution in [2.24, 2.45) is 0 Å². The van der Waals surface area contributed by atoms with Crippen LogP contribution in [-0.4, -0.2) is 23.7 Å². The third-order valence-corrected chi connectivity index (χ3v) is 3.77. The van der Waals surface area contributed by atoms with E-state index in [2.05, 4.69) is 25.6 Å². The average molecular weight is 358 g/mol. The Morgan fingerprint density at radius 1 is 1.04 bits per heavy atom. The van der Waals surface area contributed by atoms with Gasteiger partial charge in [0.1, 0.15) is 0 Å². The molecule has 0 aliphatic carbocycles. The van der Waals surface area contributed by atoms with Gasteiger partial charge in [0.25, 0.3) is 0 Å². The zero-order valence-electron chi connectivity index (χ0n) is 12.8. The maximum absolute atomic E-state index is 11.7. The van der Waals surface area contributed by atoms with E-state index in [9.17, 15) is 9.00 Å². The van der Waals surface area contributed by atoms with Crippen LogP contribution in [0.15, 0.2) is 58.2 Å². The Labute approximate surface area is 144 Å². The fourth-order valence-corrected chi connectivity index (χ4v) is 2.44. The molecule has 1 atom stereocenters. The predicted molar refractivity (Wildman–Crippen MR) is 95.6 cm³/mol. The van der Waals surface area contributed by atoms with Gasteiger partial charge in [0.15, 0.2) is 11.1 Å². The van der Waals surface area contributed by atoms with E-state index in [0.29, 0.717) is 17.1 Å². The second kappa shape index (κ2) is 7.11. The number of nitrogens with one attached hydrogen (secondary N) is 3. The van der Waals surface area contributed by atoms with Crippen LogP contribution >= 0.6 is 0 Å². The second-order valence-electron chi connectivity index (χ2n) is 4.97. The van der Waals surface area contributed by atoms with Crippen molar-refractivity contribution in [3.63, 3.8) is 0 Å². The SMILES string of the molecule is Nc1ccc(Nc2nc(Nc3cccc(S(=O)O)c3)[nH]c(=O)n2)cc1. The molecule has 0 bridgehead atoms. The summed E-state index contributed by atoms with van der Waals surface area (Å²) in [7, 11) is 0. The van der Waals surface area contributed by atoms with Gasteiger partial charge >= 0.3 is 5.69 Å². The molecule has 0 saturated heterocycles. The second-order valence-corrected chi connectivity index (χ2v) is 5.94. The summed E-state index contributed by atoms with van der Waals surface area (Å²) in [5, 5.41) is 5.76. The Morgan fingerprint density at radius 2 is 1.80 bits per heavy atom. The van der Waals surface area contributed by atoms with Gasteiger partial charge in [0.05, 0.1) is 4.90 Å². The number of aromatic amines is 1. The van der Waals surface area contributed by atoms with Crippen molar-refractivity contribution >= 4 is 40.0 Å². The molecule has 2 aromatic carbocycles. The lowest BCUT2D eigenvalue weighted by atomic mass is 10.3. The van der Waals surface area contributed by atoms with Gasteiger partial charge in [-0.2, -0.15) is 9.97 Å². The molecule has 0 amide bonds. The number of benzene rings is 2. The first-order chi connectivity index (χ1) is 12.0. The first kappa shape index (κ1) is 16.6. The number of aromatic nitrogens is 3. The number of nitrogens with two attached hydrogens (primary N) is 1.